The van der Waals surface area contributed by atoms with E-state index in [4.69, 9.17) is 4.52 Å². The van der Waals surface area contributed by atoms with Crippen LogP contribution in [-0.4, -0.2) is 41.0 Å². The number of hydrogen-bond donors (Lipinski definition) is 3. The van der Waals surface area contributed by atoms with Crippen molar-refractivity contribution < 1.29 is 27.6 Å². The number of hydrogen-bond acceptors (Lipinski definition) is 5. The van der Waals surface area contributed by atoms with Gasteiger partial charge in [-0.2, -0.15) is 13.2 Å². The fourth-order valence-corrected chi connectivity index (χ4v) is 2.72. The van der Waals surface area contributed by atoms with Gasteiger partial charge in [-0.15, -0.1) is 0 Å². The summed E-state index contributed by atoms with van der Waals surface area (Å²) in [5.41, 5.74) is -0.853. The van der Waals surface area contributed by atoms with E-state index in [1.54, 1.807) is 19.9 Å². The van der Waals surface area contributed by atoms with Crippen LogP contribution in [0.5, 0.6) is 0 Å². The highest BCUT2D eigenvalue weighted by Gasteiger charge is 2.41. The summed E-state index contributed by atoms with van der Waals surface area (Å²) in [6.45, 7) is 3.19. The number of aliphatic hydroxyl groups excluding tert-OH is 1. The van der Waals surface area contributed by atoms with Gasteiger partial charge in [0.15, 0.2) is 0 Å². The smallest absolute Gasteiger partial charge is 0.389 e. The summed E-state index contributed by atoms with van der Waals surface area (Å²) in [7, 11) is 0. The number of anilines is 1. The minimum atomic E-state index is -4.20. The van der Waals surface area contributed by atoms with E-state index in [1.807, 2.05) is 0 Å². The lowest BCUT2D eigenvalue weighted by molar-refractivity contribution is -0.135. The molecule has 1 aromatic rings. The molecule has 25 heavy (non-hydrogen) atoms. The molecule has 3 N–H and O–H groups in total. The van der Waals surface area contributed by atoms with Gasteiger partial charge in [0.25, 0.3) is 0 Å². The van der Waals surface area contributed by atoms with Gasteiger partial charge in [-0.05, 0) is 39.7 Å². The molecule has 0 spiro atoms. The van der Waals surface area contributed by atoms with E-state index in [2.05, 4.69) is 15.8 Å². The number of aliphatic hydroxyl groups is 1. The molecule has 0 aliphatic heterocycles. The van der Waals surface area contributed by atoms with Crippen molar-refractivity contribution in [3.63, 3.8) is 0 Å². The van der Waals surface area contributed by atoms with Gasteiger partial charge in [0, 0.05) is 17.9 Å². The molecule has 142 valence electrons. The Morgan fingerprint density at radius 2 is 2.08 bits per heavy atom. The van der Waals surface area contributed by atoms with Crippen LogP contribution in [0.25, 0.3) is 0 Å². The summed E-state index contributed by atoms with van der Waals surface area (Å²) in [6.07, 6.45) is -2.57. The first-order valence-electron chi connectivity index (χ1n) is 8.29. The molecule has 1 aliphatic carbocycles. The average Bonchev–Trinajstić information content (AvgIpc) is 2.91. The average molecular weight is 363 g/mol. The lowest BCUT2D eigenvalue weighted by Crippen LogP contribution is -2.50. The Hall–Kier alpha value is -1.61. The molecule has 1 aliphatic rings. The number of carbonyl (C=O) groups excluding carboxylic acids is 1. The van der Waals surface area contributed by atoms with Crippen LogP contribution in [0.1, 0.15) is 51.6 Å². The molecule has 0 unspecified atom stereocenters. The van der Waals surface area contributed by atoms with Crippen molar-refractivity contribution in [3.8, 4) is 0 Å². The Morgan fingerprint density at radius 1 is 1.40 bits per heavy atom. The predicted molar refractivity (Wildman–Crippen MR) is 85.1 cm³/mol. The van der Waals surface area contributed by atoms with Gasteiger partial charge in [0.05, 0.1) is 17.8 Å². The van der Waals surface area contributed by atoms with Gasteiger partial charge < -0.3 is 14.9 Å². The van der Waals surface area contributed by atoms with E-state index < -0.39 is 29.5 Å². The Kier molecular flexibility index (Phi) is 5.78. The van der Waals surface area contributed by atoms with Crippen molar-refractivity contribution in [2.45, 2.75) is 63.1 Å². The van der Waals surface area contributed by atoms with Gasteiger partial charge in [-0.1, -0.05) is 11.6 Å². The number of amides is 1. The molecular formula is C16H24F3N3O3. The second kappa shape index (κ2) is 7.33. The Morgan fingerprint density at radius 3 is 2.60 bits per heavy atom. The summed E-state index contributed by atoms with van der Waals surface area (Å²) < 4.78 is 41.5. The van der Waals surface area contributed by atoms with Crippen LogP contribution in [0, 0.1) is 0 Å². The number of halogens is 3. The third-order valence-electron chi connectivity index (χ3n) is 4.68. The summed E-state index contributed by atoms with van der Waals surface area (Å²) in [5.74, 6) is -0.279. The Labute approximate surface area is 144 Å². The van der Waals surface area contributed by atoms with Crippen LogP contribution in [0.2, 0.25) is 0 Å². The number of nitrogens with zero attached hydrogens (tertiary/aromatic N) is 1. The van der Waals surface area contributed by atoms with E-state index >= 15 is 0 Å². The van der Waals surface area contributed by atoms with Crippen LogP contribution in [0.4, 0.5) is 19.1 Å². The van der Waals surface area contributed by atoms with Crippen molar-refractivity contribution in [2.24, 2.45) is 0 Å². The zero-order chi connectivity index (χ0) is 18.7. The third-order valence-corrected chi connectivity index (χ3v) is 4.68. The van der Waals surface area contributed by atoms with Gasteiger partial charge >= 0.3 is 6.18 Å². The van der Waals surface area contributed by atoms with E-state index in [1.165, 1.54) is 0 Å². The number of nitrogens with one attached hydrogen (secondary N) is 2. The van der Waals surface area contributed by atoms with Crippen LogP contribution >= 0.6 is 0 Å². The zero-order valence-electron chi connectivity index (χ0n) is 14.4. The van der Waals surface area contributed by atoms with Crippen molar-refractivity contribution in [1.82, 2.24) is 10.5 Å². The lowest BCUT2D eigenvalue weighted by atomic mass is 9.67. The minimum Gasteiger partial charge on any atom is -0.395 e. The molecule has 1 saturated carbocycles. The zero-order valence-corrected chi connectivity index (χ0v) is 14.4. The summed E-state index contributed by atoms with van der Waals surface area (Å²) >= 11 is 0. The second-order valence-electron chi connectivity index (χ2n) is 7.09. The Balaban J connectivity index is 1.87. The highest BCUT2D eigenvalue weighted by Crippen LogP contribution is 2.43. The van der Waals surface area contributed by atoms with Gasteiger partial charge in [-0.3, -0.25) is 10.1 Å². The number of alkyl halides is 3. The van der Waals surface area contributed by atoms with Gasteiger partial charge in [-0.25, -0.2) is 0 Å². The largest absolute Gasteiger partial charge is 0.395 e. The number of carbonyl (C=O) groups is 1. The van der Waals surface area contributed by atoms with Crippen molar-refractivity contribution in [2.75, 3.05) is 18.5 Å². The van der Waals surface area contributed by atoms with E-state index in [-0.39, 0.29) is 25.5 Å². The minimum absolute atomic E-state index is 0.0286. The van der Waals surface area contributed by atoms with Crippen LogP contribution in [0.3, 0.4) is 0 Å². The van der Waals surface area contributed by atoms with Crippen molar-refractivity contribution in [3.05, 3.63) is 11.8 Å². The fourth-order valence-electron chi connectivity index (χ4n) is 2.72. The van der Waals surface area contributed by atoms with Crippen LogP contribution < -0.4 is 10.6 Å². The maximum Gasteiger partial charge on any atom is 0.389 e. The van der Waals surface area contributed by atoms with E-state index in [9.17, 15) is 23.1 Å². The van der Waals surface area contributed by atoms with Crippen LogP contribution in [0.15, 0.2) is 10.6 Å². The molecule has 1 heterocycles. The highest BCUT2D eigenvalue weighted by molar-refractivity contribution is 5.96. The molecule has 1 aromatic heterocycles. The molecule has 0 radical (unpaired) electrons. The fraction of sp³-hybridized carbons (Fsp3) is 0.750. The molecule has 1 amide bonds. The molecule has 0 atom stereocenters. The standard InChI is InChI=1S/C16H24F3N3O3/c1-14(2,20-8-4-7-16(17,18)19)13(24)21-12-9-11(22-25-12)15(10-23)5-3-6-15/h9,20,23H,3-8,10H2,1-2H3,(H,21,24). The number of rotatable bonds is 8. The van der Waals surface area contributed by atoms with Crippen molar-refractivity contribution in [1.29, 1.82) is 0 Å². The summed E-state index contributed by atoms with van der Waals surface area (Å²) in [6, 6.07) is 1.59. The molecule has 0 aromatic carbocycles. The molecule has 0 saturated heterocycles. The maximum atomic E-state index is 12.3. The van der Waals surface area contributed by atoms with Gasteiger partial charge in [0.1, 0.15) is 0 Å². The van der Waals surface area contributed by atoms with E-state index in [0.717, 1.165) is 19.3 Å². The van der Waals surface area contributed by atoms with Gasteiger partial charge in [0.2, 0.25) is 11.8 Å². The first-order valence-corrected chi connectivity index (χ1v) is 8.29. The normalized spacial score (nSPS) is 17.2. The highest BCUT2D eigenvalue weighted by atomic mass is 19.4. The second-order valence-corrected chi connectivity index (χ2v) is 7.09. The Bertz CT molecular complexity index is 589. The molecule has 6 nitrogen and oxygen atoms in total. The molecule has 2 rings (SSSR count). The molecule has 0 bridgehead atoms. The monoisotopic (exact) mass is 363 g/mol. The quantitative estimate of drug-likeness (QED) is 0.618. The molecule has 1 fully saturated rings. The van der Waals surface area contributed by atoms with Crippen molar-refractivity contribution >= 4 is 11.8 Å². The third kappa shape index (κ3) is 4.94. The van der Waals surface area contributed by atoms with E-state index in [0.29, 0.717) is 5.69 Å². The van der Waals surface area contributed by atoms with Crippen LogP contribution in [-0.2, 0) is 10.2 Å². The predicted octanol–water partition coefficient (Wildman–Crippen LogP) is 2.74. The molecular weight excluding hydrogens is 339 g/mol. The number of aromatic nitrogens is 1. The first kappa shape index (κ1) is 19.7. The molecule has 9 heteroatoms. The topological polar surface area (TPSA) is 87.4 Å². The maximum absolute atomic E-state index is 12.3. The first-order chi connectivity index (χ1) is 11.6. The summed E-state index contributed by atoms with van der Waals surface area (Å²) in [4.78, 5) is 12.3. The lowest BCUT2D eigenvalue weighted by Gasteiger charge is -2.38. The summed E-state index contributed by atoms with van der Waals surface area (Å²) in [5, 5.41) is 18.8. The SMILES string of the molecule is CC(C)(NCCCC(F)(F)F)C(=O)Nc1cc(C2(CO)CCC2)no1.